The molecule has 28 heavy (non-hydrogen) atoms. The normalized spacial score (nSPS) is 21.9. The van der Waals surface area contributed by atoms with E-state index in [-0.39, 0.29) is 11.4 Å². The van der Waals surface area contributed by atoms with E-state index in [4.69, 9.17) is 9.47 Å². The zero-order valence-electron chi connectivity index (χ0n) is 16.2. The van der Waals surface area contributed by atoms with E-state index >= 15 is 0 Å². The summed E-state index contributed by atoms with van der Waals surface area (Å²) >= 11 is 0. The van der Waals surface area contributed by atoms with Crippen molar-refractivity contribution in [2.24, 2.45) is 0 Å². The number of para-hydroxylation sites is 1. The highest BCUT2D eigenvalue weighted by atomic mass is 19.1. The Balaban J connectivity index is 1.93. The zero-order valence-corrected chi connectivity index (χ0v) is 16.2. The van der Waals surface area contributed by atoms with Gasteiger partial charge in [-0.2, -0.15) is 0 Å². The minimum absolute atomic E-state index is 0.0383. The van der Waals surface area contributed by atoms with Crippen LogP contribution in [0, 0.1) is 5.82 Å². The molecule has 2 amide bonds. The van der Waals surface area contributed by atoms with Crippen molar-refractivity contribution in [1.82, 2.24) is 10.1 Å². The van der Waals surface area contributed by atoms with Gasteiger partial charge in [0.05, 0.1) is 24.9 Å². The fourth-order valence-corrected chi connectivity index (χ4v) is 3.49. The molecule has 2 atom stereocenters. The van der Waals surface area contributed by atoms with Gasteiger partial charge in [-0.25, -0.2) is 4.39 Å². The van der Waals surface area contributed by atoms with Crippen LogP contribution in [0.5, 0.6) is 5.75 Å². The van der Waals surface area contributed by atoms with Crippen molar-refractivity contribution in [2.45, 2.75) is 44.3 Å². The van der Waals surface area contributed by atoms with Gasteiger partial charge in [0, 0.05) is 12.8 Å². The first-order valence-corrected chi connectivity index (χ1v) is 9.32. The third kappa shape index (κ3) is 3.85. The lowest BCUT2D eigenvalue weighted by molar-refractivity contribution is -0.137. The first-order valence-electron chi connectivity index (χ1n) is 9.32. The van der Waals surface area contributed by atoms with E-state index in [2.05, 4.69) is 10.6 Å². The van der Waals surface area contributed by atoms with Gasteiger partial charge in [-0.15, -0.1) is 0 Å². The van der Waals surface area contributed by atoms with Crippen molar-refractivity contribution in [1.29, 1.82) is 0 Å². The van der Waals surface area contributed by atoms with Gasteiger partial charge in [0.25, 0.3) is 5.91 Å². The van der Waals surface area contributed by atoms with Crippen LogP contribution < -0.4 is 15.4 Å². The second-order valence-corrected chi connectivity index (χ2v) is 7.30. The third-order valence-corrected chi connectivity index (χ3v) is 5.52. The van der Waals surface area contributed by atoms with Crippen LogP contribution >= 0.6 is 0 Å². The Hall–Kier alpha value is -2.17. The first kappa shape index (κ1) is 20.6. The van der Waals surface area contributed by atoms with Crippen molar-refractivity contribution in [3.8, 4) is 5.75 Å². The van der Waals surface area contributed by atoms with Crippen molar-refractivity contribution in [3.05, 3.63) is 24.0 Å². The lowest BCUT2D eigenvalue weighted by atomic mass is 9.83. The summed E-state index contributed by atoms with van der Waals surface area (Å²) in [4.78, 5) is 27.2. The number of carbonyl (C=O) groups excluding carboxylic acids is 2. The minimum atomic E-state index is -1.13. The van der Waals surface area contributed by atoms with Gasteiger partial charge in [0.1, 0.15) is 11.6 Å². The average molecular weight is 393 g/mol. The van der Waals surface area contributed by atoms with E-state index in [1.54, 1.807) is 26.9 Å². The Kier molecular flexibility index (Phi) is 5.92. The number of ether oxygens (including phenoxy) is 2. The second kappa shape index (κ2) is 8.06. The molecule has 2 aliphatic heterocycles. The standard InChI is InChI=1S/C18H25BFN3O5/c1-11(23(3)19(2)26)16(24)22-15-17(25)21-13-6-4-5-12(20)14(13)28-18(15)7-9-27-10-8-18/h4-6,11,15,26H,7-10H2,1-3H3,(H,21,25)(H,22,24)/t11-,15-/m0/s1. The molecule has 2 aliphatic rings. The van der Waals surface area contributed by atoms with Gasteiger partial charge >= 0.3 is 7.05 Å². The molecule has 0 radical (unpaired) electrons. The number of likely N-dealkylation sites (N-methyl/N-ethyl adjacent to an activating group) is 1. The Labute approximate surface area is 163 Å². The number of halogens is 1. The van der Waals surface area contributed by atoms with E-state index in [0.717, 1.165) is 0 Å². The van der Waals surface area contributed by atoms with Crippen LogP contribution in [0.1, 0.15) is 19.8 Å². The number of nitrogens with zero attached hydrogens (tertiary/aromatic N) is 1. The Morgan fingerprint density at radius 3 is 2.79 bits per heavy atom. The Bertz CT molecular complexity index is 757. The maximum Gasteiger partial charge on any atom is 0.376 e. The number of amides is 2. The molecular weight excluding hydrogens is 368 g/mol. The fraction of sp³-hybridized carbons (Fsp3) is 0.556. The number of benzene rings is 1. The second-order valence-electron chi connectivity index (χ2n) is 7.30. The van der Waals surface area contributed by atoms with Crippen molar-refractivity contribution in [2.75, 3.05) is 25.6 Å². The van der Waals surface area contributed by atoms with Crippen molar-refractivity contribution < 1.29 is 28.5 Å². The van der Waals surface area contributed by atoms with Gasteiger partial charge in [-0.05, 0) is 32.9 Å². The van der Waals surface area contributed by atoms with Crippen LogP contribution in [0.3, 0.4) is 0 Å². The van der Waals surface area contributed by atoms with Crippen molar-refractivity contribution >= 4 is 24.6 Å². The van der Waals surface area contributed by atoms with Crippen LogP contribution in [-0.4, -0.2) is 66.6 Å². The maximum atomic E-state index is 14.4. The number of nitrogens with one attached hydrogen (secondary N) is 2. The smallest absolute Gasteiger partial charge is 0.376 e. The fourth-order valence-electron chi connectivity index (χ4n) is 3.49. The molecule has 1 spiro atoms. The lowest BCUT2D eigenvalue weighted by Crippen LogP contribution is -2.64. The number of anilines is 1. The molecule has 1 saturated heterocycles. The number of hydrogen-bond acceptors (Lipinski definition) is 6. The highest BCUT2D eigenvalue weighted by Gasteiger charge is 2.50. The molecule has 10 heteroatoms. The summed E-state index contributed by atoms with van der Waals surface area (Å²) in [7, 11) is 0.768. The quantitative estimate of drug-likeness (QED) is 0.649. The van der Waals surface area contributed by atoms with Crippen LogP contribution in [0.15, 0.2) is 18.2 Å². The van der Waals surface area contributed by atoms with Crippen LogP contribution in [0.2, 0.25) is 6.82 Å². The number of rotatable bonds is 4. The first-order chi connectivity index (χ1) is 13.2. The minimum Gasteiger partial charge on any atom is -0.479 e. The molecule has 1 fully saturated rings. The number of hydrogen-bond donors (Lipinski definition) is 3. The van der Waals surface area contributed by atoms with Gasteiger partial charge in [0.2, 0.25) is 5.91 Å². The molecule has 3 N–H and O–H groups in total. The Morgan fingerprint density at radius 1 is 1.46 bits per heavy atom. The molecule has 8 nitrogen and oxygen atoms in total. The van der Waals surface area contributed by atoms with Crippen LogP contribution in [0.4, 0.5) is 10.1 Å². The summed E-state index contributed by atoms with van der Waals surface area (Å²) in [6.45, 7) is 3.83. The van der Waals surface area contributed by atoms with E-state index in [1.165, 1.54) is 16.9 Å². The third-order valence-electron chi connectivity index (χ3n) is 5.52. The summed E-state index contributed by atoms with van der Waals surface area (Å²) in [6.07, 6.45) is 0.638. The van der Waals surface area contributed by atoms with Crippen LogP contribution in [0.25, 0.3) is 0 Å². The summed E-state index contributed by atoms with van der Waals surface area (Å²) in [5, 5.41) is 15.1. The molecule has 3 rings (SSSR count). The number of carbonyl (C=O) groups is 2. The van der Waals surface area contributed by atoms with Gasteiger partial charge in [0.15, 0.2) is 11.6 Å². The molecule has 1 aromatic rings. The van der Waals surface area contributed by atoms with Gasteiger partial charge in [-0.3, -0.25) is 9.59 Å². The molecule has 0 saturated carbocycles. The van der Waals surface area contributed by atoms with Gasteiger partial charge in [-0.1, -0.05) is 6.07 Å². The Morgan fingerprint density at radius 2 is 2.14 bits per heavy atom. The predicted octanol–water partition coefficient (Wildman–Crippen LogP) is 0.621. The zero-order chi connectivity index (χ0) is 20.5. The predicted molar refractivity (Wildman–Crippen MR) is 101 cm³/mol. The van der Waals surface area contributed by atoms with E-state index in [1.807, 2.05) is 0 Å². The lowest BCUT2D eigenvalue weighted by Gasteiger charge is -2.41. The van der Waals surface area contributed by atoms with E-state index in [9.17, 15) is 19.0 Å². The highest BCUT2D eigenvalue weighted by molar-refractivity contribution is 6.45. The molecule has 152 valence electrons. The van der Waals surface area contributed by atoms with Crippen LogP contribution in [-0.2, 0) is 14.3 Å². The SMILES string of the molecule is CB(O)N(C)[C@@H](C)C(=O)N[C@H]1C(=O)Nc2cccc(F)c2OC12CCOCC2. The topological polar surface area (TPSA) is 100 Å². The molecule has 0 unspecified atom stereocenters. The number of fused-ring (bicyclic) bond motifs is 1. The summed E-state index contributed by atoms with van der Waals surface area (Å²) < 4.78 is 25.9. The molecule has 2 heterocycles. The summed E-state index contributed by atoms with van der Waals surface area (Å²) in [5.41, 5.74) is -0.907. The molecular formula is C18H25BFN3O5. The van der Waals surface area contributed by atoms with E-state index < -0.39 is 42.4 Å². The highest BCUT2D eigenvalue weighted by Crippen LogP contribution is 2.39. The maximum absolute atomic E-state index is 14.4. The monoisotopic (exact) mass is 393 g/mol. The summed E-state index contributed by atoms with van der Waals surface area (Å²) in [5.74, 6) is -1.54. The van der Waals surface area contributed by atoms with Gasteiger partial charge < -0.3 is 29.9 Å². The molecule has 0 bridgehead atoms. The van der Waals surface area contributed by atoms with Crippen molar-refractivity contribution in [3.63, 3.8) is 0 Å². The largest absolute Gasteiger partial charge is 0.479 e. The molecule has 0 aromatic heterocycles. The molecule has 1 aromatic carbocycles. The average Bonchev–Trinajstić information content (AvgIpc) is 2.77. The molecule has 0 aliphatic carbocycles. The summed E-state index contributed by atoms with van der Waals surface area (Å²) in [6, 6.07) is 2.56. The van der Waals surface area contributed by atoms with E-state index in [0.29, 0.717) is 26.1 Å².